The Hall–Kier alpha value is -0.0900. The van der Waals surface area contributed by atoms with Gasteiger partial charge in [-0.15, -0.1) is 0 Å². The van der Waals surface area contributed by atoms with Crippen LogP contribution in [0.15, 0.2) is 0 Å². The fourth-order valence-corrected chi connectivity index (χ4v) is 4.21. The Morgan fingerprint density at radius 2 is 1.95 bits per heavy atom. The third-order valence-corrected chi connectivity index (χ3v) is 5.46. The molecule has 3 nitrogen and oxygen atoms in total. The Morgan fingerprint density at radius 3 is 2.65 bits per heavy atom. The molecule has 20 heavy (non-hydrogen) atoms. The molecule has 4 heteroatoms. The maximum Gasteiger partial charge on any atom is 0.226 e. The summed E-state index contributed by atoms with van der Waals surface area (Å²) in [6, 6.07) is 0. The molecule has 1 unspecified atom stereocenters. The molecule has 1 aliphatic heterocycles. The molecule has 2 fully saturated rings. The minimum Gasteiger partial charge on any atom is -0.341 e. The molecule has 1 atom stereocenters. The smallest absolute Gasteiger partial charge is 0.226 e. The summed E-state index contributed by atoms with van der Waals surface area (Å²) in [4.78, 5) is 17.5. The van der Waals surface area contributed by atoms with Gasteiger partial charge >= 0.3 is 0 Å². The Balaban J connectivity index is 1.95. The van der Waals surface area contributed by atoms with E-state index in [0.717, 1.165) is 50.9 Å². The average Bonchev–Trinajstić information content (AvgIpc) is 2.64. The molecule has 0 radical (unpaired) electrons. The zero-order valence-corrected chi connectivity index (χ0v) is 14.6. The van der Waals surface area contributed by atoms with E-state index in [1.807, 2.05) is 0 Å². The molecule has 0 aromatic heterocycles. The first-order valence-electron chi connectivity index (χ1n) is 8.12. The van der Waals surface area contributed by atoms with Gasteiger partial charge in [0, 0.05) is 37.4 Å². The van der Waals surface area contributed by atoms with Crippen molar-refractivity contribution < 1.29 is 4.79 Å². The van der Waals surface area contributed by atoms with Crippen LogP contribution in [0.1, 0.15) is 46.0 Å². The molecule has 2 rings (SSSR count). The lowest BCUT2D eigenvalue weighted by atomic mass is 9.68. The van der Waals surface area contributed by atoms with Gasteiger partial charge < -0.3 is 9.80 Å². The second kappa shape index (κ2) is 7.26. The number of hydrogen-bond acceptors (Lipinski definition) is 2. The Morgan fingerprint density at radius 1 is 1.15 bits per heavy atom. The van der Waals surface area contributed by atoms with Crippen molar-refractivity contribution in [1.82, 2.24) is 9.80 Å². The number of nitrogens with zero attached hydrogens (tertiary/aromatic N) is 2. The number of rotatable bonds is 3. The summed E-state index contributed by atoms with van der Waals surface area (Å²) in [5.41, 5.74) is 0.192. The Kier molecular flexibility index (Phi) is 5.91. The van der Waals surface area contributed by atoms with Gasteiger partial charge in [0.25, 0.3) is 0 Å². The largest absolute Gasteiger partial charge is 0.341 e. The summed E-state index contributed by atoms with van der Waals surface area (Å²) >= 11 is 3.51. The summed E-state index contributed by atoms with van der Waals surface area (Å²) in [5.74, 6) is 0.675. The molecule has 1 saturated heterocycles. The normalized spacial score (nSPS) is 28.1. The molecule has 0 aromatic carbocycles. The van der Waals surface area contributed by atoms with E-state index in [1.165, 1.54) is 19.3 Å². The molecule has 0 bridgehead atoms. The average molecular weight is 345 g/mol. The molecule has 0 aromatic rings. The lowest BCUT2D eigenvalue weighted by Crippen LogP contribution is -2.45. The first kappa shape index (κ1) is 16.3. The number of alkyl halides is 1. The number of hydrogen-bond donors (Lipinski definition) is 0. The monoisotopic (exact) mass is 344 g/mol. The quantitative estimate of drug-likeness (QED) is 0.734. The highest BCUT2D eigenvalue weighted by molar-refractivity contribution is 9.09. The highest BCUT2D eigenvalue weighted by Gasteiger charge is 2.39. The van der Waals surface area contributed by atoms with Crippen LogP contribution in [0.2, 0.25) is 0 Å². The number of halogens is 1. The molecule has 1 saturated carbocycles. The molecule has 1 aliphatic carbocycles. The highest BCUT2D eigenvalue weighted by Crippen LogP contribution is 2.41. The van der Waals surface area contributed by atoms with Gasteiger partial charge in [-0.1, -0.05) is 42.6 Å². The number of carbonyl (C=O) groups is 1. The van der Waals surface area contributed by atoms with Crippen molar-refractivity contribution >= 4 is 21.8 Å². The van der Waals surface area contributed by atoms with Crippen molar-refractivity contribution in [1.29, 1.82) is 0 Å². The van der Waals surface area contributed by atoms with Gasteiger partial charge in [-0.25, -0.2) is 0 Å². The van der Waals surface area contributed by atoms with Crippen LogP contribution >= 0.6 is 15.9 Å². The van der Waals surface area contributed by atoms with E-state index in [-0.39, 0.29) is 11.3 Å². The highest BCUT2D eigenvalue weighted by atomic mass is 79.9. The summed E-state index contributed by atoms with van der Waals surface area (Å²) in [6.07, 6.45) is 5.92. The van der Waals surface area contributed by atoms with Gasteiger partial charge in [0.05, 0.1) is 0 Å². The Bertz CT molecular complexity index is 332. The van der Waals surface area contributed by atoms with E-state index in [4.69, 9.17) is 0 Å². The molecular weight excluding hydrogens is 316 g/mol. The van der Waals surface area contributed by atoms with Crippen LogP contribution in [0.5, 0.6) is 0 Å². The van der Waals surface area contributed by atoms with Gasteiger partial charge in [0.15, 0.2) is 0 Å². The summed E-state index contributed by atoms with van der Waals surface area (Å²) in [7, 11) is 0. The van der Waals surface area contributed by atoms with Crippen LogP contribution in [-0.2, 0) is 4.79 Å². The maximum absolute atomic E-state index is 12.9. The van der Waals surface area contributed by atoms with E-state index < -0.39 is 0 Å². The van der Waals surface area contributed by atoms with Crippen molar-refractivity contribution in [3.05, 3.63) is 0 Å². The van der Waals surface area contributed by atoms with E-state index in [0.29, 0.717) is 5.91 Å². The predicted octanol–water partition coefficient (Wildman–Crippen LogP) is 3.13. The SMILES string of the molecule is CC1(C)CCCCC1C(=O)N1CCCN(CCBr)CC1. The Labute approximate surface area is 132 Å². The van der Waals surface area contributed by atoms with Crippen LogP contribution in [0.25, 0.3) is 0 Å². The molecule has 0 N–H and O–H groups in total. The lowest BCUT2D eigenvalue weighted by Gasteiger charge is -2.40. The van der Waals surface area contributed by atoms with Crippen molar-refractivity contribution in [3.63, 3.8) is 0 Å². The second-order valence-electron chi connectivity index (χ2n) is 7.00. The van der Waals surface area contributed by atoms with Gasteiger partial charge in [-0.2, -0.15) is 0 Å². The van der Waals surface area contributed by atoms with Gasteiger partial charge in [0.1, 0.15) is 0 Å². The van der Waals surface area contributed by atoms with Gasteiger partial charge in [-0.05, 0) is 31.2 Å². The van der Waals surface area contributed by atoms with E-state index in [2.05, 4.69) is 39.6 Å². The lowest BCUT2D eigenvalue weighted by molar-refractivity contribution is -0.141. The zero-order valence-electron chi connectivity index (χ0n) is 13.0. The second-order valence-corrected chi connectivity index (χ2v) is 7.79. The van der Waals surface area contributed by atoms with Crippen molar-refractivity contribution in [2.45, 2.75) is 46.0 Å². The third kappa shape index (κ3) is 3.97. The van der Waals surface area contributed by atoms with Crippen molar-refractivity contribution in [2.75, 3.05) is 38.1 Å². The summed E-state index contributed by atoms with van der Waals surface area (Å²) in [6.45, 7) is 9.68. The maximum atomic E-state index is 12.9. The molecule has 2 aliphatic rings. The van der Waals surface area contributed by atoms with E-state index in [9.17, 15) is 4.79 Å². The summed E-state index contributed by atoms with van der Waals surface area (Å²) in [5, 5.41) is 1.02. The van der Waals surface area contributed by atoms with Gasteiger partial charge in [0.2, 0.25) is 5.91 Å². The number of carbonyl (C=O) groups excluding carboxylic acids is 1. The van der Waals surface area contributed by atoms with Crippen LogP contribution in [0.4, 0.5) is 0 Å². The fourth-order valence-electron chi connectivity index (χ4n) is 3.71. The molecule has 0 spiro atoms. The molecular formula is C16H29BrN2O. The van der Waals surface area contributed by atoms with Gasteiger partial charge in [-0.3, -0.25) is 4.79 Å². The molecule has 116 valence electrons. The topological polar surface area (TPSA) is 23.6 Å². The standard InChI is InChI=1S/C16H29BrN2O/c1-16(2)7-4-3-6-14(16)15(20)19-10-5-9-18(11-8-17)12-13-19/h14H,3-13H2,1-2H3. The molecule has 1 amide bonds. The third-order valence-electron chi connectivity index (χ3n) is 5.11. The van der Waals surface area contributed by atoms with Crippen molar-refractivity contribution in [2.24, 2.45) is 11.3 Å². The summed E-state index contributed by atoms with van der Waals surface area (Å²) < 4.78 is 0. The van der Waals surface area contributed by atoms with Crippen LogP contribution in [0.3, 0.4) is 0 Å². The van der Waals surface area contributed by atoms with Crippen molar-refractivity contribution in [3.8, 4) is 0 Å². The molecule has 1 heterocycles. The minimum absolute atomic E-state index is 0.192. The predicted molar refractivity (Wildman–Crippen MR) is 87.2 cm³/mol. The number of amides is 1. The van der Waals surface area contributed by atoms with E-state index in [1.54, 1.807) is 0 Å². The first-order valence-corrected chi connectivity index (χ1v) is 9.24. The fraction of sp³-hybridized carbons (Fsp3) is 0.938. The first-order chi connectivity index (χ1) is 9.54. The minimum atomic E-state index is 0.192. The van der Waals surface area contributed by atoms with Crippen LogP contribution in [0, 0.1) is 11.3 Å². The van der Waals surface area contributed by atoms with Crippen LogP contribution in [-0.4, -0.2) is 53.8 Å². The van der Waals surface area contributed by atoms with Crippen LogP contribution < -0.4 is 0 Å². The zero-order chi connectivity index (χ0) is 14.6. The van der Waals surface area contributed by atoms with E-state index >= 15 is 0 Å².